The second kappa shape index (κ2) is 5.14. The van der Waals surface area contributed by atoms with Crippen LogP contribution >= 0.6 is 11.6 Å². The smallest absolute Gasteiger partial charge is 0.198 e. The van der Waals surface area contributed by atoms with Gasteiger partial charge in [0.1, 0.15) is 11.3 Å². The molecule has 2 aromatic carbocycles. The number of fused-ring (bicyclic) bond motifs is 1. The van der Waals surface area contributed by atoms with Crippen molar-refractivity contribution in [2.24, 2.45) is 0 Å². The summed E-state index contributed by atoms with van der Waals surface area (Å²) >= 11 is 6.13. The van der Waals surface area contributed by atoms with Gasteiger partial charge in [0.15, 0.2) is 5.78 Å². The summed E-state index contributed by atoms with van der Waals surface area (Å²) in [6.07, 6.45) is 0.667. The number of aryl methyl sites for hydroxylation is 1. The summed E-state index contributed by atoms with van der Waals surface area (Å²) in [4.78, 5) is 12.8. The molecule has 0 saturated heterocycles. The molecule has 0 aliphatic rings. The second-order valence-electron chi connectivity index (χ2n) is 4.56. The van der Waals surface area contributed by atoms with Crippen LogP contribution in [0.15, 0.2) is 52.9 Å². The first-order valence-corrected chi connectivity index (χ1v) is 6.89. The molecule has 0 aliphatic carbocycles. The summed E-state index contributed by atoms with van der Waals surface area (Å²) in [5.74, 6) is 0.619. The Hall–Kier alpha value is -2.06. The number of ketones is 1. The van der Waals surface area contributed by atoms with Gasteiger partial charge in [-0.2, -0.15) is 0 Å². The molecule has 2 nitrogen and oxygen atoms in total. The lowest BCUT2D eigenvalue weighted by Gasteiger charge is -2.03. The van der Waals surface area contributed by atoms with Crippen molar-refractivity contribution < 1.29 is 9.21 Å². The van der Waals surface area contributed by atoms with Crippen LogP contribution in [0.25, 0.3) is 11.0 Å². The zero-order valence-electron chi connectivity index (χ0n) is 11.0. The number of para-hydroxylation sites is 1. The molecule has 0 N–H and O–H groups in total. The quantitative estimate of drug-likeness (QED) is 0.642. The molecule has 1 heterocycles. The average molecular weight is 285 g/mol. The third-order valence-electron chi connectivity index (χ3n) is 3.34. The highest BCUT2D eigenvalue weighted by atomic mass is 35.5. The Morgan fingerprint density at radius 3 is 2.55 bits per heavy atom. The lowest BCUT2D eigenvalue weighted by atomic mass is 9.99. The van der Waals surface area contributed by atoms with Gasteiger partial charge in [0, 0.05) is 17.4 Å². The fraction of sp³-hybridized carbons (Fsp3) is 0.118. The molecule has 0 bridgehead atoms. The Bertz CT molecular complexity index is 787. The molecule has 3 aromatic rings. The van der Waals surface area contributed by atoms with Crippen molar-refractivity contribution in [2.75, 3.05) is 0 Å². The van der Waals surface area contributed by atoms with Crippen molar-refractivity contribution in [3.05, 3.63) is 70.4 Å². The van der Waals surface area contributed by atoms with Gasteiger partial charge < -0.3 is 4.42 Å². The van der Waals surface area contributed by atoms with E-state index >= 15 is 0 Å². The van der Waals surface area contributed by atoms with Gasteiger partial charge in [0.25, 0.3) is 0 Å². The number of rotatable bonds is 3. The molecule has 0 amide bonds. The van der Waals surface area contributed by atoms with Crippen LogP contribution < -0.4 is 0 Å². The summed E-state index contributed by atoms with van der Waals surface area (Å²) in [7, 11) is 0. The fourth-order valence-electron chi connectivity index (χ4n) is 2.37. The van der Waals surface area contributed by atoms with E-state index in [-0.39, 0.29) is 5.78 Å². The number of hydrogen-bond donors (Lipinski definition) is 0. The molecule has 3 heteroatoms. The average Bonchev–Trinajstić information content (AvgIpc) is 2.85. The minimum Gasteiger partial charge on any atom is -0.460 e. The Morgan fingerprint density at radius 2 is 1.80 bits per heavy atom. The van der Waals surface area contributed by atoms with Crippen LogP contribution in [0.3, 0.4) is 0 Å². The lowest BCUT2D eigenvalue weighted by molar-refractivity contribution is 0.103. The van der Waals surface area contributed by atoms with E-state index in [4.69, 9.17) is 16.0 Å². The van der Waals surface area contributed by atoms with E-state index in [0.717, 1.165) is 11.0 Å². The molecule has 3 rings (SSSR count). The third-order valence-corrected chi connectivity index (χ3v) is 3.66. The highest BCUT2D eigenvalue weighted by Crippen LogP contribution is 2.30. The van der Waals surface area contributed by atoms with E-state index in [1.165, 1.54) is 0 Å². The number of hydrogen-bond acceptors (Lipinski definition) is 2. The van der Waals surface area contributed by atoms with Crippen molar-refractivity contribution in [3.63, 3.8) is 0 Å². The standard InChI is InChI=1S/C17H13ClO2/c1-2-14-16(12-8-4-6-10-15(12)20-14)17(19)11-7-3-5-9-13(11)18/h3-10H,2H2,1H3. The molecular weight excluding hydrogens is 272 g/mol. The van der Waals surface area contributed by atoms with Crippen LogP contribution in [0.5, 0.6) is 0 Å². The van der Waals surface area contributed by atoms with Crippen molar-refractivity contribution in [1.82, 2.24) is 0 Å². The fourth-order valence-corrected chi connectivity index (χ4v) is 2.60. The molecule has 100 valence electrons. The van der Waals surface area contributed by atoms with E-state index < -0.39 is 0 Å². The molecule has 1 aromatic heterocycles. The number of carbonyl (C=O) groups excluding carboxylic acids is 1. The topological polar surface area (TPSA) is 30.2 Å². The van der Waals surface area contributed by atoms with Crippen LogP contribution in [-0.2, 0) is 6.42 Å². The lowest BCUT2D eigenvalue weighted by Crippen LogP contribution is -2.04. The number of halogens is 1. The van der Waals surface area contributed by atoms with E-state index in [1.807, 2.05) is 43.3 Å². The largest absolute Gasteiger partial charge is 0.460 e. The maximum atomic E-state index is 12.8. The van der Waals surface area contributed by atoms with Crippen LogP contribution in [0, 0.1) is 0 Å². The maximum Gasteiger partial charge on any atom is 0.198 e. The van der Waals surface area contributed by atoms with E-state index in [1.54, 1.807) is 12.1 Å². The molecule has 0 saturated carbocycles. The van der Waals surface area contributed by atoms with Gasteiger partial charge in [-0.25, -0.2) is 0 Å². The molecular formula is C17H13ClO2. The van der Waals surface area contributed by atoms with E-state index in [2.05, 4.69) is 0 Å². The highest BCUT2D eigenvalue weighted by Gasteiger charge is 2.22. The van der Waals surface area contributed by atoms with Gasteiger partial charge >= 0.3 is 0 Å². The second-order valence-corrected chi connectivity index (χ2v) is 4.97. The summed E-state index contributed by atoms with van der Waals surface area (Å²) in [5.41, 5.74) is 1.87. The molecule has 0 fully saturated rings. The predicted molar refractivity (Wildman–Crippen MR) is 80.5 cm³/mol. The van der Waals surface area contributed by atoms with Crippen LogP contribution in [-0.4, -0.2) is 5.78 Å². The summed E-state index contributed by atoms with van der Waals surface area (Å²) < 4.78 is 5.77. The van der Waals surface area contributed by atoms with Crippen molar-refractivity contribution in [1.29, 1.82) is 0 Å². The highest BCUT2D eigenvalue weighted by molar-refractivity contribution is 6.35. The zero-order chi connectivity index (χ0) is 14.1. The number of carbonyl (C=O) groups is 1. The molecule has 0 unspecified atom stereocenters. The molecule has 20 heavy (non-hydrogen) atoms. The minimum absolute atomic E-state index is 0.0857. The Labute approximate surface area is 122 Å². The van der Waals surface area contributed by atoms with E-state index in [0.29, 0.717) is 28.3 Å². The first-order valence-electron chi connectivity index (χ1n) is 6.52. The monoisotopic (exact) mass is 284 g/mol. The van der Waals surface area contributed by atoms with Gasteiger partial charge in [0.05, 0.1) is 10.6 Å². The molecule has 0 aliphatic heterocycles. The number of furan rings is 1. The predicted octanol–water partition coefficient (Wildman–Crippen LogP) is 4.88. The van der Waals surface area contributed by atoms with Crippen LogP contribution in [0.2, 0.25) is 5.02 Å². The van der Waals surface area contributed by atoms with Gasteiger partial charge in [0.2, 0.25) is 0 Å². The van der Waals surface area contributed by atoms with Crippen LogP contribution in [0.1, 0.15) is 28.6 Å². The molecule has 0 spiro atoms. The van der Waals surface area contributed by atoms with Crippen molar-refractivity contribution >= 4 is 28.4 Å². The zero-order valence-corrected chi connectivity index (χ0v) is 11.8. The van der Waals surface area contributed by atoms with Gasteiger partial charge in [-0.3, -0.25) is 4.79 Å². The first kappa shape index (κ1) is 12.9. The Balaban J connectivity index is 2.24. The van der Waals surface area contributed by atoms with Gasteiger partial charge in [-0.15, -0.1) is 0 Å². The SMILES string of the molecule is CCc1oc2ccccc2c1C(=O)c1ccccc1Cl. The Kier molecular flexibility index (Phi) is 3.33. The molecule has 0 radical (unpaired) electrons. The number of benzene rings is 2. The molecule has 0 atom stereocenters. The van der Waals surface area contributed by atoms with Crippen molar-refractivity contribution in [2.45, 2.75) is 13.3 Å². The maximum absolute atomic E-state index is 12.8. The Morgan fingerprint density at radius 1 is 1.10 bits per heavy atom. The van der Waals surface area contributed by atoms with Crippen LogP contribution in [0.4, 0.5) is 0 Å². The van der Waals surface area contributed by atoms with E-state index in [9.17, 15) is 4.79 Å². The summed E-state index contributed by atoms with van der Waals surface area (Å²) in [5, 5.41) is 1.30. The first-order chi connectivity index (χ1) is 9.72. The minimum atomic E-state index is -0.0857. The van der Waals surface area contributed by atoms with Gasteiger partial charge in [-0.1, -0.05) is 48.9 Å². The summed E-state index contributed by atoms with van der Waals surface area (Å²) in [6.45, 7) is 1.97. The van der Waals surface area contributed by atoms with Crippen molar-refractivity contribution in [3.8, 4) is 0 Å². The third kappa shape index (κ3) is 2.02. The normalized spacial score (nSPS) is 10.9. The van der Waals surface area contributed by atoms with Gasteiger partial charge in [-0.05, 0) is 18.2 Å². The summed E-state index contributed by atoms with van der Waals surface area (Å²) in [6, 6.07) is 14.7.